The molecule has 0 spiro atoms. The summed E-state index contributed by atoms with van der Waals surface area (Å²) in [6.07, 6.45) is 0.872. The van der Waals surface area contributed by atoms with Gasteiger partial charge in [0, 0.05) is 11.4 Å². The Morgan fingerprint density at radius 2 is 1.71 bits per heavy atom. The molecule has 0 aliphatic rings. The SMILES string of the molecule is N#CC(C#N)(CCF)CCc1ccc(Cl)cc1. The van der Waals surface area contributed by atoms with Crippen LogP contribution in [-0.2, 0) is 6.42 Å². The predicted molar refractivity (Wildman–Crippen MR) is 64.0 cm³/mol. The fraction of sp³-hybridized carbons (Fsp3) is 0.385. The highest BCUT2D eigenvalue weighted by Gasteiger charge is 2.29. The second-order valence-corrected chi connectivity index (χ2v) is 4.31. The highest BCUT2D eigenvalue weighted by molar-refractivity contribution is 6.30. The van der Waals surface area contributed by atoms with E-state index in [0.717, 1.165) is 5.56 Å². The number of hydrogen-bond donors (Lipinski definition) is 0. The van der Waals surface area contributed by atoms with Gasteiger partial charge in [-0.1, -0.05) is 23.7 Å². The molecule has 0 saturated carbocycles. The fourth-order valence-corrected chi connectivity index (χ4v) is 1.67. The molecule has 2 nitrogen and oxygen atoms in total. The molecule has 0 aliphatic heterocycles. The zero-order valence-electron chi connectivity index (χ0n) is 9.29. The van der Waals surface area contributed by atoms with E-state index in [4.69, 9.17) is 22.1 Å². The summed E-state index contributed by atoms with van der Waals surface area (Å²) in [5, 5.41) is 18.6. The quantitative estimate of drug-likeness (QED) is 0.801. The van der Waals surface area contributed by atoms with E-state index in [9.17, 15) is 4.39 Å². The Morgan fingerprint density at radius 3 is 2.18 bits per heavy atom. The van der Waals surface area contributed by atoms with Gasteiger partial charge in [-0.2, -0.15) is 10.5 Å². The molecule has 0 radical (unpaired) electrons. The molecule has 1 aromatic rings. The van der Waals surface area contributed by atoms with E-state index in [0.29, 0.717) is 17.9 Å². The Morgan fingerprint density at radius 1 is 1.12 bits per heavy atom. The van der Waals surface area contributed by atoms with Crippen molar-refractivity contribution >= 4 is 11.6 Å². The first-order valence-electron chi connectivity index (χ1n) is 5.29. The van der Waals surface area contributed by atoms with Crippen molar-refractivity contribution in [1.82, 2.24) is 0 Å². The Labute approximate surface area is 105 Å². The normalized spacial score (nSPS) is 10.6. The summed E-state index contributed by atoms with van der Waals surface area (Å²) in [6.45, 7) is -0.651. The molecular weight excluding hydrogens is 239 g/mol. The van der Waals surface area contributed by atoms with Crippen LogP contribution in [0, 0.1) is 28.1 Å². The lowest BCUT2D eigenvalue weighted by Crippen LogP contribution is -2.18. The number of aryl methyl sites for hydroxylation is 1. The number of alkyl halides is 1. The zero-order valence-corrected chi connectivity index (χ0v) is 10.0. The number of halogens is 2. The first-order chi connectivity index (χ1) is 8.15. The first-order valence-corrected chi connectivity index (χ1v) is 5.66. The van der Waals surface area contributed by atoms with Gasteiger partial charge >= 0.3 is 0 Å². The Bertz CT molecular complexity index is 428. The minimum absolute atomic E-state index is 0.0341. The van der Waals surface area contributed by atoms with Crippen LogP contribution in [0.15, 0.2) is 24.3 Å². The third kappa shape index (κ3) is 3.73. The van der Waals surface area contributed by atoms with Crippen LogP contribution in [0.25, 0.3) is 0 Å². The van der Waals surface area contributed by atoms with Crippen LogP contribution in [0.5, 0.6) is 0 Å². The minimum atomic E-state index is -1.21. The van der Waals surface area contributed by atoms with Gasteiger partial charge in [0.25, 0.3) is 0 Å². The number of nitrogens with zero attached hydrogens (tertiary/aromatic N) is 2. The van der Waals surface area contributed by atoms with Crippen LogP contribution in [0.1, 0.15) is 18.4 Å². The molecule has 0 saturated heterocycles. The van der Waals surface area contributed by atoms with Gasteiger partial charge in [0.05, 0.1) is 18.8 Å². The number of benzene rings is 1. The second kappa shape index (κ2) is 6.23. The summed E-state index contributed by atoms with van der Waals surface area (Å²) < 4.78 is 12.3. The summed E-state index contributed by atoms with van der Waals surface area (Å²) in [7, 11) is 0. The van der Waals surface area contributed by atoms with Crippen molar-refractivity contribution in [1.29, 1.82) is 10.5 Å². The molecule has 0 fully saturated rings. The lowest BCUT2D eigenvalue weighted by atomic mass is 9.82. The molecule has 0 atom stereocenters. The van der Waals surface area contributed by atoms with Crippen molar-refractivity contribution in [2.45, 2.75) is 19.3 Å². The minimum Gasteiger partial charge on any atom is -0.251 e. The number of rotatable bonds is 5. The van der Waals surface area contributed by atoms with Crippen molar-refractivity contribution in [3.8, 4) is 12.1 Å². The first kappa shape index (κ1) is 13.5. The van der Waals surface area contributed by atoms with E-state index in [2.05, 4.69) is 0 Å². The van der Waals surface area contributed by atoms with Crippen molar-refractivity contribution in [3.05, 3.63) is 34.9 Å². The summed E-state index contributed by atoms with van der Waals surface area (Å²) in [4.78, 5) is 0. The molecule has 4 heteroatoms. The van der Waals surface area contributed by atoms with Crippen molar-refractivity contribution < 1.29 is 4.39 Å². The second-order valence-electron chi connectivity index (χ2n) is 3.87. The van der Waals surface area contributed by atoms with E-state index < -0.39 is 12.1 Å². The summed E-state index contributed by atoms with van der Waals surface area (Å²) in [6, 6.07) is 11.0. The summed E-state index contributed by atoms with van der Waals surface area (Å²) in [5.41, 5.74) is -0.225. The summed E-state index contributed by atoms with van der Waals surface area (Å²) >= 11 is 5.75. The van der Waals surface area contributed by atoms with Gasteiger partial charge in [0.1, 0.15) is 5.41 Å². The monoisotopic (exact) mass is 250 g/mol. The highest BCUT2D eigenvalue weighted by atomic mass is 35.5. The maximum Gasteiger partial charge on any atom is 0.146 e. The average molecular weight is 251 g/mol. The molecule has 1 aromatic carbocycles. The molecule has 0 aromatic heterocycles. The zero-order chi connectivity index (χ0) is 12.7. The smallest absolute Gasteiger partial charge is 0.146 e. The van der Waals surface area contributed by atoms with Crippen molar-refractivity contribution in [3.63, 3.8) is 0 Å². The molecule has 0 heterocycles. The van der Waals surface area contributed by atoms with Gasteiger partial charge in [-0.05, 0) is 30.5 Å². The van der Waals surface area contributed by atoms with Gasteiger partial charge in [0.2, 0.25) is 0 Å². The number of nitriles is 2. The van der Waals surface area contributed by atoms with Crippen LogP contribution in [0.3, 0.4) is 0 Å². The lowest BCUT2D eigenvalue weighted by Gasteiger charge is -2.16. The Balaban J connectivity index is 2.68. The standard InChI is InChI=1S/C13H12ClFN2/c14-12-3-1-11(2-4-12)5-6-13(9-16,10-17)7-8-15/h1-4H,5-8H2. The molecule has 0 amide bonds. The number of hydrogen-bond acceptors (Lipinski definition) is 2. The average Bonchev–Trinajstić information content (AvgIpc) is 2.36. The van der Waals surface area contributed by atoms with E-state index in [-0.39, 0.29) is 6.42 Å². The van der Waals surface area contributed by atoms with Crippen LogP contribution in [0.2, 0.25) is 5.02 Å². The van der Waals surface area contributed by atoms with Crippen molar-refractivity contribution in [2.75, 3.05) is 6.67 Å². The van der Waals surface area contributed by atoms with E-state index in [1.54, 1.807) is 12.1 Å². The lowest BCUT2D eigenvalue weighted by molar-refractivity contribution is 0.359. The van der Waals surface area contributed by atoms with Crippen LogP contribution >= 0.6 is 11.6 Å². The third-order valence-electron chi connectivity index (χ3n) is 2.70. The van der Waals surface area contributed by atoms with Gasteiger partial charge in [-0.25, -0.2) is 0 Å². The van der Waals surface area contributed by atoms with Crippen LogP contribution < -0.4 is 0 Å². The fourth-order valence-electron chi connectivity index (χ4n) is 1.54. The molecular formula is C13H12ClFN2. The topological polar surface area (TPSA) is 47.6 Å². The van der Waals surface area contributed by atoms with Gasteiger partial charge in [-0.15, -0.1) is 0 Å². The van der Waals surface area contributed by atoms with E-state index in [1.165, 1.54) is 0 Å². The molecule has 0 bridgehead atoms. The molecule has 88 valence electrons. The highest BCUT2D eigenvalue weighted by Crippen LogP contribution is 2.27. The Kier molecular flexibility index (Phi) is 4.94. The summed E-state index contributed by atoms with van der Waals surface area (Å²) in [5.74, 6) is 0. The third-order valence-corrected chi connectivity index (χ3v) is 2.95. The van der Waals surface area contributed by atoms with Gasteiger partial charge in [-0.3, -0.25) is 4.39 Å². The van der Waals surface area contributed by atoms with E-state index in [1.807, 2.05) is 24.3 Å². The van der Waals surface area contributed by atoms with Crippen LogP contribution in [-0.4, -0.2) is 6.67 Å². The van der Waals surface area contributed by atoms with Gasteiger partial charge < -0.3 is 0 Å². The molecule has 0 unspecified atom stereocenters. The largest absolute Gasteiger partial charge is 0.251 e. The van der Waals surface area contributed by atoms with E-state index >= 15 is 0 Å². The predicted octanol–water partition coefficient (Wildman–Crippen LogP) is 3.67. The maximum absolute atomic E-state index is 12.3. The molecule has 1 rings (SSSR count). The molecule has 0 aliphatic carbocycles. The van der Waals surface area contributed by atoms with Crippen molar-refractivity contribution in [2.24, 2.45) is 5.41 Å². The maximum atomic E-state index is 12.3. The Hall–Kier alpha value is -1.58. The van der Waals surface area contributed by atoms with Crippen LogP contribution in [0.4, 0.5) is 4.39 Å². The molecule has 17 heavy (non-hydrogen) atoms. The molecule has 0 N–H and O–H groups in total. The van der Waals surface area contributed by atoms with Gasteiger partial charge in [0.15, 0.2) is 0 Å².